The molecule has 0 aromatic rings. The van der Waals surface area contributed by atoms with Crippen molar-refractivity contribution in [2.24, 2.45) is 0 Å². The van der Waals surface area contributed by atoms with Gasteiger partial charge >= 0.3 is 10.0 Å². The summed E-state index contributed by atoms with van der Waals surface area (Å²) in [6, 6.07) is 0. The number of hydrogen-bond acceptors (Lipinski definition) is 1. The second-order valence-corrected chi connectivity index (χ2v) is 4.95. The van der Waals surface area contributed by atoms with Crippen LogP contribution in [0.5, 0.6) is 0 Å². The first-order valence-corrected chi connectivity index (χ1v) is 4.11. The Morgan fingerprint density at radius 1 is 1.43 bits per heavy atom. The van der Waals surface area contributed by atoms with E-state index in [1.54, 1.807) is 0 Å². The van der Waals surface area contributed by atoms with Crippen LogP contribution in [0.1, 0.15) is 20.8 Å². The highest BCUT2D eigenvalue weighted by Gasteiger charge is 2.23. The van der Waals surface area contributed by atoms with Gasteiger partial charge in [0.15, 0.2) is 0 Å². The summed E-state index contributed by atoms with van der Waals surface area (Å²) >= 11 is 0. The molecular weight excluding hydrogens is 132 g/mol. The average molecular weight is 142 g/mol. The van der Waals surface area contributed by atoms with Gasteiger partial charge in [0.2, 0.25) is 10.7 Å². The zero-order valence-corrected chi connectivity index (χ0v) is 6.36. The Labute approximate surface area is 51.0 Å². The third kappa shape index (κ3) is 3.06. The predicted octanol–water partition coefficient (Wildman–Crippen LogP) is 0.730. The van der Waals surface area contributed by atoms with E-state index >= 15 is 0 Å². The fourth-order valence-electron chi connectivity index (χ4n) is 0. The molecule has 1 nitrogen and oxygen atoms in total. The third-order valence-electron chi connectivity index (χ3n) is 0.500. The first-order chi connectivity index (χ1) is 2.94. The Kier molecular flexibility index (Phi) is 2.27. The molecule has 0 aliphatic carbocycles. The minimum absolute atomic E-state index is 0.213. The third-order valence-corrected chi connectivity index (χ3v) is 3.00. The number of halogens is 1. The molecule has 0 rings (SSSR count). The van der Waals surface area contributed by atoms with E-state index in [1.807, 2.05) is 20.8 Å². The molecule has 1 atom stereocenters. The molecule has 0 fully saturated rings. The summed E-state index contributed by atoms with van der Waals surface area (Å²) < 4.78 is 10.2. The van der Waals surface area contributed by atoms with Crippen molar-refractivity contribution >= 4 is 10.0 Å². The van der Waals surface area contributed by atoms with E-state index in [1.165, 1.54) is 0 Å². The van der Waals surface area contributed by atoms with Crippen LogP contribution in [-0.2, 0) is 10.0 Å². The Morgan fingerprint density at radius 3 is 1.57 bits per heavy atom. The Hall–Kier alpha value is 0.440. The second-order valence-electron chi connectivity index (χ2n) is 2.35. The van der Waals surface area contributed by atoms with Crippen LogP contribution in [0, 0.1) is 10.7 Å². The van der Waals surface area contributed by atoms with Gasteiger partial charge in [-0.3, -0.25) is 0 Å². The maximum Gasteiger partial charge on any atom is 0.302 e. The van der Waals surface area contributed by atoms with Crippen LogP contribution in [0.25, 0.3) is 0 Å². The maximum atomic E-state index is 10.4. The summed E-state index contributed by atoms with van der Waals surface area (Å²) in [5, 5.41) is 0. The SMILES string of the molecule is CC(C)(C)S(=O)[ClH+]. The predicted molar refractivity (Wildman–Crippen MR) is 29.3 cm³/mol. The Bertz CT molecular complexity index is 84.2. The van der Waals surface area contributed by atoms with Gasteiger partial charge in [-0.25, -0.2) is 0 Å². The monoisotopic (exact) mass is 141 g/mol. The highest BCUT2D eigenvalue weighted by atomic mass is 35.7. The standard InChI is InChI=1S/C4H10ClOS/c1-4(2,3)7(5)6/h5H,1-3H3/q+1. The molecule has 0 N–H and O–H groups in total. The summed E-state index contributed by atoms with van der Waals surface area (Å²) in [5.41, 5.74) is 0. The van der Waals surface area contributed by atoms with E-state index in [-0.39, 0.29) is 4.75 Å². The highest BCUT2D eigenvalue weighted by Crippen LogP contribution is 2.08. The van der Waals surface area contributed by atoms with Gasteiger partial charge in [-0.05, 0) is 20.8 Å². The Morgan fingerprint density at radius 2 is 1.57 bits per heavy atom. The summed E-state index contributed by atoms with van der Waals surface area (Å²) in [5.74, 6) is 0. The van der Waals surface area contributed by atoms with Crippen LogP contribution in [0.4, 0.5) is 0 Å². The first kappa shape index (κ1) is 7.44. The van der Waals surface area contributed by atoms with Crippen molar-refractivity contribution in [1.29, 1.82) is 0 Å². The van der Waals surface area contributed by atoms with Crippen LogP contribution in [0.15, 0.2) is 0 Å². The van der Waals surface area contributed by atoms with E-state index in [0.29, 0.717) is 0 Å². The van der Waals surface area contributed by atoms with Crippen LogP contribution >= 0.6 is 0 Å². The molecule has 0 saturated carbocycles. The van der Waals surface area contributed by atoms with E-state index in [0.717, 1.165) is 0 Å². The molecule has 0 aliphatic rings. The Balaban J connectivity index is 3.79. The summed E-state index contributed by atoms with van der Waals surface area (Å²) in [7, 11) is 3.39. The molecule has 0 aromatic carbocycles. The van der Waals surface area contributed by atoms with Crippen LogP contribution in [-0.4, -0.2) is 8.96 Å². The van der Waals surface area contributed by atoms with E-state index in [4.69, 9.17) is 0 Å². The second kappa shape index (κ2) is 2.14. The van der Waals surface area contributed by atoms with E-state index < -0.39 is 10.0 Å². The lowest BCUT2D eigenvalue weighted by Crippen LogP contribution is -2.18. The summed E-state index contributed by atoms with van der Waals surface area (Å²) in [6.45, 7) is 5.57. The van der Waals surface area contributed by atoms with Gasteiger partial charge in [-0.15, -0.1) is 0 Å². The lowest BCUT2D eigenvalue weighted by Gasteiger charge is -2.03. The molecule has 0 spiro atoms. The first-order valence-electron chi connectivity index (χ1n) is 2.04. The van der Waals surface area contributed by atoms with Crippen molar-refractivity contribution in [2.45, 2.75) is 25.5 Å². The minimum atomic E-state index is -1.10. The molecular formula is C4H10ClOS+. The molecule has 1 unspecified atom stereocenters. The smallest absolute Gasteiger partial charge is 0.193 e. The lowest BCUT2D eigenvalue weighted by atomic mass is 10.3. The molecule has 0 bridgehead atoms. The number of rotatable bonds is 0. The fraction of sp³-hybridized carbons (Fsp3) is 1.00. The van der Waals surface area contributed by atoms with E-state index in [2.05, 4.69) is 10.7 Å². The molecule has 44 valence electrons. The minimum Gasteiger partial charge on any atom is -0.193 e. The van der Waals surface area contributed by atoms with Gasteiger partial charge < -0.3 is 0 Å². The molecule has 7 heavy (non-hydrogen) atoms. The highest BCUT2D eigenvalue weighted by molar-refractivity contribution is 7.79. The van der Waals surface area contributed by atoms with Gasteiger partial charge in [0.25, 0.3) is 0 Å². The maximum absolute atomic E-state index is 10.4. The topological polar surface area (TPSA) is 17.1 Å². The molecule has 0 saturated heterocycles. The van der Waals surface area contributed by atoms with Gasteiger partial charge in [0.05, 0.1) is 4.75 Å². The quantitative estimate of drug-likeness (QED) is 0.455. The van der Waals surface area contributed by atoms with E-state index in [9.17, 15) is 4.21 Å². The average Bonchev–Trinajstić information content (AvgIpc) is 1.31. The molecule has 0 aromatic heterocycles. The molecule has 3 heteroatoms. The molecule has 0 amide bonds. The van der Waals surface area contributed by atoms with Gasteiger partial charge in [0.1, 0.15) is 0 Å². The van der Waals surface area contributed by atoms with Crippen molar-refractivity contribution in [3.63, 3.8) is 0 Å². The van der Waals surface area contributed by atoms with Gasteiger partial charge in [-0.2, -0.15) is 4.21 Å². The summed E-state index contributed by atoms with van der Waals surface area (Å²) in [4.78, 5) is 0. The molecule has 0 aliphatic heterocycles. The molecule has 0 heterocycles. The zero-order valence-electron chi connectivity index (χ0n) is 4.72. The zero-order chi connectivity index (χ0) is 6.08. The van der Waals surface area contributed by atoms with Gasteiger partial charge in [0, 0.05) is 0 Å². The fourth-order valence-corrected chi connectivity index (χ4v) is 0. The van der Waals surface area contributed by atoms with Crippen LogP contribution < -0.4 is 0 Å². The van der Waals surface area contributed by atoms with Crippen LogP contribution in [0.3, 0.4) is 0 Å². The normalized spacial score (nSPS) is 16.6. The van der Waals surface area contributed by atoms with Gasteiger partial charge in [-0.1, -0.05) is 0 Å². The largest absolute Gasteiger partial charge is 0.302 e. The van der Waals surface area contributed by atoms with Crippen LogP contribution in [0.2, 0.25) is 0 Å². The van der Waals surface area contributed by atoms with Crippen molar-refractivity contribution in [3.8, 4) is 0 Å². The van der Waals surface area contributed by atoms with Crippen molar-refractivity contribution in [2.75, 3.05) is 0 Å². The van der Waals surface area contributed by atoms with Crippen molar-refractivity contribution in [3.05, 3.63) is 0 Å². The van der Waals surface area contributed by atoms with Crippen molar-refractivity contribution in [1.82, 2.24) is 0 Å². The number of hydrogen-bond donors (Lipinski definition) is 0. The summed E-state index contributed by atoms with van der Waals surface area (Å²) in [6.07, 6.45) is 0. The van der Waals surface area contributed by atoms with Crippen molar-refractivity contribution < 1.29 is 14.9 Å². The lowest BCUT2D eigenvalue weighted by molar-refractivity contribution is -0.156. The molecule has 0 radical (unpaired) electrons.